The first-order chi connectivity index (χ1) is 14.1. The highest BCUT2D eigenvalue weighted by Gasteiger charge is 2.46. The SMILES string of the molecule is CCCCC1(CCCC)C[SH](OC)c2ccc(F)cc2N(c2ccccc2)C1=O. The minimum atomic E-state index is -1.02. The molecular formula is C24H32FNO2S. The number of carbonyl (C=O) groups is 1. The number of anilines is 2. The molecule has 3 rings (SSSR count). The molecule has 2 aromatic carbocycles. The van der Waals surface area contributed by atoms with E-state index in [1.165, 1.54) is 12.1 Å². The number of hydrogen-bond donors (Lipinski definition) is 1. The van der Waals surface area contributed by atoms with Crippen molar-refractivity contribution in [1.29, 1.82) is 0 Å². The van der Waals surface area contributed by atoms with Crippen LogP contribution in [0.1, 0.15) is 52.4 Å². The highest BCUT2D eigenvalue weighted by molar-refractivity contribution is 8.13. The third-order valence-electron chi connectivity index (χ3n) is 5.80. The Labute approximate surface area is 176 Å². The summed E-state index contributed by atoms with van der Waals surface area (Å²) >= 11 is -1.02. The summed E-state index contributed by atoms with van der Waals surface area (Å²) in [7, 11) is 1.71. The number of halogens is 1. The van der Waals surface area contributed by atoms with Gasteiger partial charge < -0.3 is 4.18 Å². The molecule has 0 aromatic heterocycles. The van der Waals surface area contributed by atoms with Crippen molar-refractivity contribution in [3.63, 3.8) is 0 Å². The molecule has 1 unspecified atom stereocenters. The second-order valence-corrected chi connectivity index (χ2v) is 9.74. The van der Waals surface area contributed by atoms with E-state index < -0.39 is 16.6 Å². The van der Waals surface area contributed by atoms with Gasteiger partial charge in [0, 0.05) is 23.4 Å². The van der Waals surface area contributed by atoms with Crippen molar-refractivity contribution in [3.8, 4) is 0 Å². The summed E-state index contributed by atoms with van der Waals surface area (Å²) in [6.07, 6.45) is 5.75. The topological polar surface area (TPSA) is 29.5 Å². The number of hydrogen-bond acceptors (Lipinski definition) is 2. The molecule has 0 radical (unpaired) electrons. The molecule has 0 fully saturated rings. The summed E-state index contributed by atoms with van der Waals surface area (Å²) in [6, 6.07) is 14.4. The van der Waals surface area contributed by atoms with Crippen LogP contribution in [0, 0.1) is 11.2 Å². The van der Waals surface area contributed by atoms with Crippen LogP contribution in [0.15, 0.2) is 53.4 Å². The fourth-order valence-corrected chi connectivity index (χ4v) is 6.34. The Hall–Kier alpha value is -1.85. The van der Waals surface area contributed by atoms with Crippen LogP contribution in [0.2, 0.25) is 0 Å². The van der Waals surface area contributed by atoms with Crippen molar-refractivity contribution in [3.05, 3.63) is 54.3 Å². The third kappa shape index (κ3) is 4.51. The summed E-state index contributed by atoms with van der Waals surface area (Å²) in [4.78, 5) is 16.9. The van der Waals surface area contributed by atoms with Gasteiger partial charge in [0.1, 0.15) is 5.82 Å². The maximum atomic E-state index is 14.3. The zero-order valence-corrected chi connectivity index (χ0v) is 18.6. The third-order valence-corrected chi connectivity index (χ3v) is 8.05. The zero-order valence-electron chi connectivity index (χ0n) is 17.7. The lowest BCUT2D eigenvalue weighted by Gasteiger charge is -2.36. The minimum absolute atomic E-state index is 0.0829. The molecule has 5 heteroatoms. The van der Waals surface area contributed by atoms with E-state index in [9.17, 15) is 9.18 Å². The number of thiol groups is 1. The van der Waals surface area contributed by atoms with Crippen molar-refractivity contribution >= 4 is 28.5 Å². The number of fused-ring (bicyclic) bond motifs is 1. The summed E-state index contributed by atoms with van der Waals surface area (Å²) in [5.74, 6) is 0.442. The Morgan fingerprint density at radius 3 is 2.31 bits per heavy atom. The summed E-state index contributed by atoms with van der Waals surface area (Å²) < 4.78 is 20.2. The van der Waals surface area contributed by atoms with Gasteiger partial charge in [0.05, 0.1) is 11.1 Å². The summed E-state index contributed by atoms with van der Waals surface area (Å²) in [6.45, 7) is 4.32. The van der Waals surface area contributed by atoms with Crippen LogP contribution in [-0.2, 0) is 8.98 Å². The average Bonchev–Trinajstić information content (AvgIpc) is 2.84. The van der Waals surface area contributed by atoms with Gasteiger partial charge in [-0.2, -0.15) is 0 Å². The van der Waals surface area contributed by atoms with Gasteiger partial charge in [0.15, 0.2) is 0 Å². The maximum absolute atomic E-state index is 14.3. The summed E-state index contributed by atoms with van der Waals surface area (Å²) in [5, 5.41) is 0. The second kappa shape index (κ2) is 9.77. The van der Waals surface area contributed by atoms with Gasteiger partial charge in [-0.3, -0.25) is 9.69 Å². The van der Waals surface area contributed by atoms with Crippen molar-refractivity contribution in [2.45, 2.75) is 57.3 Å². The molecule has 2 aromatic rings. The van der Waals surface area contributed by atoms with Crippen molar-refractivity contribution in [2.24, 2.45) is 5.41 Å². The lowest BCUT2D eigenvalue weighted by Crippen LogP contribution is -2.43. The van der Waals surface area contributed by atoms with Gasteiger partial charge in [0.25, 0.3) is 0 Å². The fraction of sp³-hybridized carbons (Fsp3) is 0.458. The second-order valence-electron chi connectivity index (χ2n) is 7.82. The van der Waals surface area contributed by atoms with Crippen LogP contribution in [0.25, 0.3) is 0 Å². The Kier molecular flexibility index (Phi) is 7.36. The predicted molar refractivity (Wildman–Crippen MR) is 121 cm³/mol. The van der Waals surface area contributed by atoms with Gasteiger partial charge in [-0.15, -0.1) is 11.2 Å². The molecule has 0 N–H and O–H groups in total. The number of rotatable bonds is 8. The van der Waals surface area contributed by atoms with Crippen molar-refractivity contribution < 1.29 is 13.4 Å². The molecule has 1 aliphatic heterocycles. The molecule has 29 heavy (non-hydrogen) atoms. The number of para-hydroxylation sites is 1. The van der Waals surface area contributed by atoms with Gasteiger partial charge in [-0.05, 0) is 43.2 Å². The van der Waals surface area contributed by atoms with E-state index in [0.29, 0.717) is 11.4 Å². The standard InChI is InChI=1S/C24H32FNO2S/c1-4-6-15-24(16-7-5-2)18-29(28-3)22-14-13-19(25)17-21(22)26(23(24)27)20-11-9-8-10-12-20/h8-14,17,29H,4-7,15-16,18H2,1-3H3. The fourth-order valence-electron chi connectivity index (χ4n) is 4.18. The largest absolute Gasteiger partial charge is 0.338 e. The van der Waals surface area contributed by atoms with E-state index in [4.69, 9.17) is 4.18 Å². The van der Waals surface area contributed by atoms with E-state index in [0.717, 1.165) is 49.1 Å². The van der Waals surface area contributed by atoms with Crippen molar-refractivity contribution in [2.75, 3.05) is 17.8 Å². The first-order valence-corrected chi connectivity index (χ1v) is 12.0. The Bertz CT molecular complexity index is 819. The first kappa shape index (κ1) is 21.8. The molecule has 0 bridgehead atoms. The molecule has 0 spiro atoms. The smallest absolute Gasteiger partial charge is 0.238 e. The lowest BCUT2D eigenvalue weighted by molar-refractivity contribution is -0.127. The highest BCUT2D eigenvalue weighted by atomic mass is 32.2. The number of benzene rings is 2. The number of unbranched alkanes of at least 4 members (excludes halogenated alkanes) is 2. The lowest BCUT2D eigenvalue weighted by atomic mass is 9.78. The minimum Gasteiger partial charge on any atom is -0.338 e. The number of nitrogens with zero attached hydrogens (tertiary/aromatic N) is 1. The number of amides is 1. The van der Waals surface area contributed by atoms with Gasteiger partial charge in [-0.1, -0.05) is 57.7 Å². The van der Waals surface area contributed by atoms with Gasteiger partial charge in [-0.25, -0.2) is 4.39 Å². The maximum Gasteiger partial charge on any atom is 0.238 e. The van der Waals surface area contributed by atoms with Crippen molar-refractivity contribution in [1.82, 2.24) is 0 Å². The average molecular weight is 418 g/mol. The van der Waals surface area contributed by atoms with Crippen LogP contribution in [0.5, 0.6) is 0 Å². The molecule has 1 atom stereocenters. The molecule has 0 saturated carbocycles. The molecule has 1 heterocycles. The van der Waals surface area contributed by atoms with E-state index in [-0.39, 0.29) is 11.7 Å². The highest BCUT2D eigenvalue weighted by Crippen LogP contribution is 2.55. The number of carbonyl (C=O) groups excluding carboxylic acids is 1. The predicted octanol–water partition coefficient (Wildman–Crippen LogP) is 6.79. The molecular weight excluding hydrogens is 385 g/mol. The zero-order chi connectivity index (χ0) is 20.9. The Balaban J connectivity index is 2.21. The molecule has 0 saturated heterocycles. The normalized spacial score (nSPS) is 19.7. The molecule has 1 amide bonds. The monoisotopic (exact) mass is 417 g/mol. The van der Waals surface area contributed by atoms with Crippen LogP contribution >= 0.6 is 11.2 Å². The quantitative estimate of drug-likeness (QED) is 0.479. The van der Waals surface area contributed by atoms with Crippen LogP contribution in [0.4, 0.5) is 15.8 Å². The first-order valence-electron chi connectivity index (χ1n) is 10.6. The van der Waals surface area contributed by atoms with E-state index in [2.05, 4.69) is 13.8 Å². The molecule has 3 nitrogen and oxygen atoms in total. The van der Waals surface area contributed by atoms with Crippen LogP contribution in [-0.4, -0.2) is 18.8 Å². The van der Waals surface area contributed by atoms with E-state index >= 15 is 0 Å². The van der Waals surface area contributed by atoms with E-state index in [1.807, 2.05) is 30.3 Å². The van der Waals surface area contributed by atoms with Crippen LogP contribution in [0.3, 0.4) is 0 Å². The Morgan fingerprint density at radius 1 is 1.07 bits per heavy atom. The summed E-state index contributed by atoms with van der Waals surface area (Å²) in [5.41, 5.74) is 0.928. The molecule has 0 aliphatic carbocycles. The van der Waals surface area contributed by atoms with Gasteiger partial charge >= 0.3 is 0 Å². The molecule has 158 valence electrons. The van der Waals surface area contributed by atoms with Gasteiger partial charge in [0.2, 0.25) is 5.91 Å². The molecule has 1 aliphatic rings. The Morgan fingerprint density at radius 2 is 1.72 bits per heavy atom. The van der Waals surface area contributed by atoms with E-state index in [1.54, 1.807) is 18.1 Å². The van der Waals surface area contributed by atoms with Crippen LogP contribution < -0.4 is 4.90 Å².